The molecule has 3 fully saturated rings. The van der Waals surface area contributed by atoms with E-state index >= 15 is 4.39 Å². The van der Waals surface area contributed by atoms with Crippen molar-refractivity contribution in [3.05, 3.63) is 83.7 Å². The fourth-order valence-electron chi connectivity index (χ4n) is 8.71. The maximum atomic E-state index is 15.3. The maximum absolute atomic E-state index is 15.3. The van der Waals surface area contributed by atoms with Gasteiger partial charge in [0, 0.05) is 29.2 Å². The van der Waals surface area contributed by atoms with Crippen LogP contribution in [0.25, 0.3) is 22.4 Å². The van der Waals surface area contributed by atoms with E-state index in [2.05, 4.69) is 37.4 Å². The first-order chi connectivity index (χ1) is 24.8. The third-order valence-corrected chi connectivity index (χ3v) is 11.4. The first kappa shape index (κ1) is 33.1. The summed E-state index contributed by atoms with van der Waals surface area (Å²) in [7, 11) is 0. The summed E-state index contributed by atoms with van der Waals surface area (Å²) in [6.07, 6.45) is 7.26. The molecular weight excluding hydrogens is 647 g/mol. The van der Waals surface area contributed by atoms with Crippen LogP contribution in [0, 0.1) is 5.82 Å². The second-order valence-corrected chi connectivity index (χ2v) is 14.3. The van der Waals surface area contributed by atoms with Gasteiger partial charge in [-0.05, 0) is 117 Å². The molecule has 51 heavy (non-hydrogen) atoms. The number of para-hydroxylation sites is 2. The number of hydrogen-bond acceptors (Lipinski definition) is 9. The SMILES string of the molecule is Nc1nnc(-c2ccccc2O)cc1-c1cc(C2CCN(C3CCC(c4cccc5c4OCCN5C4CCC(=O)NC4=O)CC3)CC2)ccc1F. The van der Waals surface area contributed by atoms with E-state index in [1.165, 1.54) is 11.6 Å². The first-order valence-corrected chi connectivity index (χ1v) is 18.2. The van der Waals surface area contributed by atoms with Crippen LogP contribution in [0.15, 0.2) is 66.7 Å². The second-order valence-electron chi connectivity index (χ2n) is 14.3. The molecular formula is C40H43FN6O4. The lowest BCUT2D eigenvalue weighted by Crippen LogP contribution is -2.54. The molecule has 3 aliphatic heterocycles. The Hall–Kier alpha value is -5.03. The van der Waals surface area contributed by atoms with Crippen LogP contribution in [0.4, 0.5) is 15.9 Å². The number of nitrogen functional groups attached to an aromatic ring is 1. The smallest absolute Gasteiger partial charge is 0.249 e. The summed E-state index contributed by atoms with van der Waals surface area (Å²) in [6.45, 7) is 3.13. The number of likely N-dealkylation sites (tertiary alicyclic amines) is 1. The van der Waals surface area contributed by atoms with E-state index in [-0.39, 0.29) is 35.2 Å². The summed E-state index contributed by atoms with van der Waals surface area (Å²) < 4.78 is 21.6. The van der Waals surface area contributed by atoms with Gasteiger partial charge in [0.25, 0.3) is 0 Å². The lowest BCUT2D eigenvalue weighted by atomic mass is 9.79. The number of amides is 2. The van der Waals surface area contributed by atoms with Crippen LogP contribution in [-0.2, 0) is 9.59 Å². The number of anilines is 2. The predicted molar refractivity (Wildman–Crippen MR) is 193 cm³/mol. The van der Waals surface area contributed by atoms with Crippen molar-refractivity contribution < 1.29 is 23.8 Å². The number of aromatic nitrogens is 2. The summed E-state index contributed by atoms with van der Waals surface area (Å²) >= 11 is 0. The van der Waals surface area contributed by atoms with Crippen molar-refractivity contribution in [3.8, 4) is 33.9 Å². The molecule has 264 valence electrons. The number of phenolic OH excluding ortho intramolecular Hbond substituents is 1. The standard InChI is InChI=1S/C40H43FN6O4/c41-32-13-10-26(22-30(32)31-23-33(44-45-39(31)42)29-4-1-2-7-36(29)48)24-16-18-46(19-17-24)27-11-8-25(9-12-27)28-5-3-6-34-38(28)51-21-20-47(34)35-14-15-37(49)43-40(35)50/h1-7,10,13,22-25,27,35,48H,8-9,11-12,14-21H2,(H2,42,45)(H,43,49,50). The number of piperidine rings is 2. The Kier molecular flexibility index (Phi) is 9.06. The number of nitrogens with two attached hydrogens (primary N) is 1. The lowest BCUT2D eigenvalue weighted by Gasteiger charge is -2.42. The number of halogens is 1. The Bertz CT molecular complexity index is 1960. The Balaban J connectivity index is 0.910. The highest BCUT2D eigenvalue weighted by Crippen LogP contribution is 2.46. The molecule has 4 heterocycles. The number of fused-ring (bicyclic) bond motifs is 1. The summed E-state index contributed by atoms with van der Waals surface area (Å²) in [5.41, 5.74) is 11.3. The van der Waals surface area contributed by atoms with Crippen molar-refractivity contribution in [2.45, 2.75) is 75.3 Å². The van der Waals surface area contributed by atoms with Gasteiger partial charge in [-0.1, -0.05) is 30.3 Å². The molecule has 1 atom stereocenters. The number of nitrogens with zero attached hydrogens (tertiary/aromatic N) is 4. The lowest BCUT2D eigenvalue weighted by molar-refractivity contribution is -0.134. The Labute approximate surface area is 296 Å². The molecule has 1 aliphatic carbocycles. The average molecular weight is 691 g/mol. The normalized spacial score (nSPS) is 23.0. The zero-order valence-corrected chi connectivity index (χ0v) is 28.6. The van der Waals surface area contributed by atoms with Crippen LogP contribution in [0.5, 0.6) is 11.5 Å². The summed E-state index contributed by atoms with van der Waals surface area (Å²) in [5, 5.41) is 21.1. The topological polar surface area (TPSA) is 134 Å². The fraction of sp³-hybridized carbons (Fsp3) is 0.400. The largest absolute Gasteiger partial charge is 0.507 e. The summed E-state index contributed by atoms with van der Waals surface area (Å²) in [5.74, 6) is 1.03. The van der Waals surface area contributed by atoms with Crippen molar-refractivity contribution >= 4 is 23.3 Å². The number of benzene rings is 3. The van der Waals surface area contributed by atoms with E-state index in [1.54, 1.807) is 30.3 Å². The van der Waals surface area contributed by atoms with Crippen LogP contribution in [0.1, 0.15) is 74.3 Å². The number of rotatable bonds is 6. The molecule has 0 radical (unpaired) electrons. The quantitative estimate of drug-likeness (QED) is 0.204. The van der Waals surface area contributed by atoms with Gasteiger partial charge in [-0.25, -0.2) is 4.39 Å². The van der Waals surface area contributed by atoms with Crippen molar-refractivity contribution in [1.29, 1.82) is 0 Å². The zero-order chi connectivity index (χ0) is 35.1. The molecule has 1 unspecified atom stereocenters. The molecule has 3 aromatic carbocycles. The average Bonchev–Trinajstić information content (AvgIpc) is 3.15. The third-order valence-electron chi connectivity index (χ3n) is 11.4. The number of phenols is 1. The van der Waals surface area contributed by atoms with Crippen LogP contribution >= 0.6 is 0 Å². The molecule has 0 bridgehead atoms. The highest BCUT2D eigenvalue weighted by molar-refractivity contribution is 6.02. The van der Waals surface area contributed by atoms with Crippen molar-refractivity contribution in [1.82, 2.24) is 20.4 Å². The molecule has 2 saturated heterocycles. The molecule has 11 heteroatoms. The zero-order valence-electron chi connectivity index (χ0n) is 28.6. The number of aromatic hydroxyl groups is 1. The Morgan fingerprint density at radius 2 is 1.63 bits per heavy atom. The van der Waals surface area contributed by atoms with Gasteiger partial charge >= 0.3 is 0 Å². The molecule has 8 rings (SSSR count). The molecule has 4 N–H and O–H groups in total. The monoisotopic (exact) mass is 690 g/mol. The summed E-state index contributed by atoms with van der Waals surface area (Å²) in [6, 6.07) is 20.4. The number of nitrogens with one attached hydrogen (secondary N) is 1. The highest BCUT2D eigenvalue weighted by atomic mass is 19.1. The van der Waals surface area contributed by atoms with Gasteiger partial charge in [-0.2, -0.15) is 0 Å². The van der Waals surface area contributed by atoms with Gasteiger partial charge in [0.2, 0.25) is 11.8 Å². The van der Waals surface area contributed by atoms with E-state index in [1.807, 2.05) is 18.2 Å². The minimum absolute atomic E-state index is 0.0726. The van der Waals surface area contributed by atoms with Crippen molar-refractivity contribution in [2.75, 3.05) is 36.9 Å². The number of ether oxygens (including phenoxy) is 1. The van der Waals surface area contributed by atoms with Crippen LogP contribution in [0.3, 0.4) is 0 Å². The molecule has 4 aliphatic rings. The minimum Gasteiger partial charge on any atom is -0.507 e. The fourth-order valence-corrected chi connectivity index (χ4v) is 8.71. The molecule has 1 saturated carbocycles. The highest BCUT2D eigenvalue weighted by Gasteiger charge is 2.37. The summed E-state index contributed by atoms with van der Waals surface area (Å²) in [4.78, 5) is 29.2. The second kappa shape index (κ2) is 13.9. The molecule has 2 amide bonds. The van der Waals surface area contributed by atoms with Crippen LogP contribution in [-0.4, -0.2) is 70.3 Å². The van der Waals surface area contributed by atoms with Crippen LogP contribution < -0.4 is 20.7 Å². The first-order valence-electron chi connectivity index (χ1n) is 18.2. The van der Waals surface area contributed by atoms with Gasteiger partial charge in [0.05, 0.1) is 17.9 Å². The molecule has 4 aromatic rings. The van der Waals surface area contributed by atoms with E-state index in [9.17, 15) is 14.7 Å². The Morgan fingerprint density at radius 1 is 0.824 bits per heavy atom. The number of hydrogen-bond donors (Lipinski definition) is 3. The van der Waals surface area contributed by atoms with Gasteiger partial charge in [-0.15, -0.1) is 10.2 Å². The number of imide groups is 1. The van der Waals surface area contributed by atoms with E-state index < -0.39 is 0 Å². The number of carbonyl (C=O) groups is 2. The Morgan fingerprint density at radius 3 is 2.41 bits per heavy atom. The number of carbonyl (C=O) groups excluding carboxylic acids is 2. The maximum Gasteiger partial charge on any atom is 0.249 e. The molecule has 0 spiro atoms. The van der Waals surface area contributed by atoms with Gasteiger partial charge in [-0.3, -0.25) is 14.9 Å². The van der Waals surface area contributed by atoms with Gasteiger partial charge < -0.3 is 25.4 Å². The van der Waals surface area contributed by atoms with E-state index in [0.717, 1.165) is 68.6 Å². The van der Waals surface area contributed by atoms with Crippen molar-refractivity contribution in [2.24, 2.45) is 0 Å². The van der Waals surface area contributed by atoms with Gasteiger partial charge in [0.1, 0.15) is 30.0 Å². The molecule has 10 nitrogen and oxygen atoms in total. The van der Waals surface area contributed by atoms with Gasteiger partial charge in [0.15, 0.2) is 5.82 Å². The van der Waals surface area contributed by atoms with E-state index in [4.69, 9.17) is 10.5 Å². The van der Waals surface area contributed by atoms with E-state index in [0.29, 0.717) is 66.3 Å². The minimum atomic E-state index is -0.371. The molecule has 1 aromatic heterocycles. The van der Waals surface area contributed by atoms with Crippen LogP contribution in [0.2, 0.25) is 0 Å². The third kappa shape index (κ3) is 6.51. The predicted octanol–water partition coefficient (Wildman–Crippen LogP) is 6.15. The van der Waals surface area contributed by atoms with Crippen molar-refractivity contribution in [3.63, 3.8) is 0 Å².